The molecule has 4 nitrogen and oxygen atoms in total. The van der Waals surface area contributed by atoms with Gasteiger partial charge >= 0.3 is 0 Å². The minimum atomic E-state index is 0.0214. The zero-order chi connectivity index (χ0) is 10.7. The fourth-order valence-corrected chi connectivity index (χ4v) is 2.29. The largest absolute Gasteiger partial charge is 0.377 e. The molecule has 0 bridgehead atoms. The number of hydroxylamine groups is 2. The van der Waals surface area contributed by atoms with E-state index in [1.54, 1.807) is 5.06 Å². The lowest BCUT2D eigenvalue weighted by Gasteiger charge is -2.29. The van der Waals surface area contributed by atoms with Crippen LogP contribution in [0.5, 0.6) is 0 Å². The van der Waals surface area contributed by atoms with Crippen molar-refractivity contribution < 1.29 is 14.4 Å². The molecule has 1 amide bonds. The summed E-state index contributed by atoms with van der Waals surface area (Å²) in [5.41, 5.74) is 0. The molecule has 2 unspecified atom stereocenters. The second-order valence-corrected chi connectivity index (χ2v) is 4.19. The Hall–Kier alpha value is -0.610. The Morgan fingerprint density at radius 1 is 1.40 bits per heavy atom. The number of nitrogens with zero attached hydrogens (tertiary/aromatic N) is 1. The Bertz CT molecular complexity index is 226. The molecule has 0 aromatic rings. The van der Waals surface area contributed by atoms with Gasteiger partial charge in [0.25, 0.3) is 5.91 Å². The summed E-state index contributed by atoms with van der Waals surface area (Å²) < 4.78 is 5.52. The summed E-state index contributed by atoms with van der Waals surface area (Å²) in [5, 5.41) is 1.55. The van der Waals surface area contributed by atoms with Gasteiger partial charge in [-0.25, -0.2) is 5.06 Å². The monoisotopic (exact) mass is 213 g/mol. The summed E-state index contributed by atoms with van der Waals surface area (Å²) in [6, 6.07) is 0. The highest BCUT2D eigenvalue weighted by atomic mass is 16.7. The van der Waals surface area contributed by atoms with Gasteiger partial charge in [0, 0.05) is 13.2 Å². The van der Waals surface area contributed by atoms with Crippen molar-refractivity contribution in [3.8, 4) is 0 Å². The smallest absolute Gasteiger partial charge is 0.251 e. The van der Waals surface area contributed by atoms with Crippen LogP contribution in [0.3, 0.4) is 0 Å². The molecular weight excluding hydrogens is 194 g/mol. The molecule has 0 radical (unpaired) electrons. The lowest BCUT2D eigenvalue weighted by molar-refractivity contribution is -0.202. The van der Waals surface area contributed by atoms with Crippen molar-refractivity contribution in [2.24, 2.45) is 5.92 Å². The van der Waals surface area contributed by atoms with Crippen molar-refractivity contribution in [1.82, 2.24) is 5.06 Å². The molecule has 0 N–H and O–H groups in total. The maximum atomic E-state index is 12.1. The fraction of sp³-hybridized carbons (Fsp3) is 0.909. The van der Waals surface area contributed by atoms with E-state index in [0.29, 0.717) is 13.2 Å². The van der Waals surface area contributed by atoms with E-state index in [4.69, 9.17) is 9.57 Å². The van der Waals surface area contributed by atoms with Gasteiger partial charge in [-0.2, -0.15) is 0 Å². The number of rotatable bonds is 2. The van der Waals surface area contributed by atoms with Crippen LogP contribution in [0, 0.1) is 5.92 Å². The third-order valence-corrected chi connectivity index (χ3v) is 3.18. The van der Waals surface area contributed by atoms with Gasteiger partial charge in [-0.05, 0) is 25.7 Å². The molecule has 86 valence electrons. The highest BCUT2D eigenvalue weighted by Gasteiger charge is 2.36. The van der Waals surface area contributed by atoms with Crippen molar-refractivity contribution in [3.05, 3.63) is 0 Å². The van der Waals surface area contributed by atoms with E-state index >= 15 is 0 Å². The van der Waals surface area contributed by atoms with E-state index in [-0.39, 0.29) is 17.9 Å². The van der Waals surface area contributed by atoms with Crippen LogP contribution in [0.4, 0.5) is 0 Å². The molecule has 2 saturated heterocycles. The molecule has 2 fully saturated rings. The summed E-state index contributed by atoms with van der Waals surface area (Å²) in [5.74, 6) is 0.146. The molecule has 0 saturated carbocycles. The summed E-state index contributed by atoms with van der Waals surface area (Å²) in [6.07, 6.45) is 3.96. The highest BCUT2D eigenvalue weighted by molar-refractivity contribution is 5.78. The van der Waals surface area contributed by atoms with Gasteiger partial charge in [0.1, 0.15) is 0 Å². The molecule has 2 heterocycles. The first-order valence-corrected chi connectivity index (χ1v) is 5.89. The van der Waals surface area contributed by atoms with E-state index in [1.807, 2.05) is 0 Å². The lowest BCUT2D eigenvalue weighted by atomic mass is 9.98. The summed E-state index contributed by atoms with van der Waals surface area (Å²) in [6.45, 7) is 4.19. The molecule has 0 spiro atoms. The van der Waals surface area contributed by atoms with Gasteiger partial charge < -0.3 is 4.74 Å². The number of hydrogen-bond donors (Lipinski definition) is 0. The van der Waals surface area contributed by atoms with Crippen LogP contribution in [0.1, 0.15) is 32.6 Å². The van der Waals surface area contributed by atoms with Gasteiger partial charge in [0.2, 0.25) is 0 Å². The molecule has 15 heavy (non-hydrogen) atoms. The molecule has 2 atom stereocenters. The minimum Gasteiger partial charge on any atom is -0.377 e. The molecule has 2 rings (SSSR count). The van der Waals surface area contributed by atoms with E-state index in [2.05, 4.69) is 6.92 Å². The van der Waals surface area contributed by atoms with Crippen LogP contribution in [0.2, 0.25) is 0 Å². The molecule has 2 aliphatic heterocycles. The van der Waals surface area contributed by atoms with Crippen LogP contribution in [-0.4, -0.2) is 36.8 Å². The van der Waals surface area contributed by atoms with E-state index in [1.165, 1.54) is 0 Å². The summed E-state index contributed by atoms with van der Waals surface area (Å²) in [4.78, 5) is 17.5. The average molecular weight is 213 g/mol. The average Bonchev–Trinajstić information content (AvgIpc) is 2.77. The third-order valence-electron chi connectivity index (χ3n) is 3.18. The molecule has 0 aromatic heterocycles. The van der Waals surface area contributed by atoms with Crippen molar-refractivity contribution in [2.45, 2.75) is 38.7 Å². The standard InChI is InChI=1S/C11H19NO3/c1-2-10-9(5-8-14-10)11(13)12-6-3-4-7-15-12/h9-10H,2-8H2,1H3. The first-order valence-electron chi connectivity index (χ1n) is 5.89. The van der Waals surface area contributed by atoms with E-state index < -0.39 is 0 Å². The van der Waals surface area contributed by atoms with Gasteiger partial charge in [-0.1, -0.05) is 6.92 Å². The van der Waals surface area contributed by atoms with Gasteiger partial charge in [0.15, 0.2) is 0 Å². The van der Waals surface area contributed by atoms with Gasteiger partial charge in [0.05, 0.1) is 18.6 Å². The second-order valence-electron chi connectivity index (χ2n) is 4.19. The van der Waals surface area contributed by atoms with Crippen molar-refractivity contribution >= 4 is 5.91 Å². The highest BCUT2D eigenvalue weighted by Crippen LogP contribution is 2.26. The maximum Gasteiger partial charge on any atom is 0.251 e. The van der Waals surface area contributed by atoms with Crippen molar-refractivity contribution in [1.29, 1.82) is 0 Å². The Balaban J connectivity index is 1.93. The van der Waals surface area contributed by atoms with Crippen LogP contribution in [0.25, 0.3) is 0 Å². The quantitative estimate of drug-likeness (QED) is 0.695. The molecule has 0 aliphatic carbocycles. The Labute approximate surface area is 90.5 Å². The zero-order valence-corrected chi connectivity index (χ0v) is 9.28. The lowest BCUT2D eigenvalue weighted by Crippen LogP contribution is -2.41. The van der Waals surface area contributed by atoms with Crippen LogP contribution in [-0.2, 0) is 14.4 Å². The first kappa shape index (κ1) is 10.9. The minimum absolute atomic E-state index is 0.0214. The molecule has 2 aliphatic rings. The zero-order valence-electron chi connectivity index (χ0n) is 9.28. The maximum absolute atomic E-state index is 12.1. The molecule has 0 aromatic carbocycles. The number of carbonyl (C=O) groups excluding carboxylic acids is 1. The predicted octanol–water partition coefficient (Wildman–Crippen LogP) is 1.36. The fourth-order valence-electron chi connectivity index (χ4n) is 2.29. The topological polar surface area (TPSA) is 38.8 Å². The number of carbonyl (C=O) groups is 1. The third kappa shape index (κ3) is 2.32. The van der Waals surface area contributed by atoms with Crippen LogP contribution in [0.15, 0.2) is 0 Å². The van der Waals surface area contributed by atoms with E-state index in [0.717, 1.165) is 32.2 Å². The summed E-state index contributed by atoms with van der Waals surface area (Å²) in [7, 11) is 0. The summed E-state index contributed by atoms with van der Waals surface area (Å²) >= 11 is 0. The Kier molecular flexibility index (Phi) is 3.59. The van der Waals surface area contributed by atoms with Crippen LogP contribution < -0.4 is 0 Å². The normalized spacial score (nSPS) is 31.9. The molecular formula is C11H19NO3. The SMILES string of the molecule is CCC1OCCC1C(=O)N1CCCCO1. The number of amides is 1. The predicted molar refractivity (Wildman–Crippen MR) is 55.0 cm³/mol. The Morgan fingerprint density at radius 3 is 2.93 bits per heavy atom. The van der Waals surface area contributed by atoms with E-state index in [9.17, 15) is 4.79 Å². The first-order chi connectivity index (χ1) is 7.33. The Morgan fingerprint density at radius 2 is 2.27 bits per heavy atom. The van der Waals surface area contributed by atoms with Crippen LogP contribution >= 0.6 is 0 Å². The van der Waals surface area contributed by atoms with Gasteiger partial charge in [-0.15, -0.1) is 0 Å². The van der Waals surface area contributed by atoms with Gasteiger partial charge in [-0.3, -0.25) is 9.63 Å². The number of hydrogen-bond acceptors (Lipinski definition) is 3. The second kappa shape index (κ2) is 4.94. The van der Waals surface area contributed by atoms with Crippen molar-refractivity contribution in [2.75, 3.05) is 19.8 Å². The van der Waals surface area contributed by atoms with Crippen molar-refractivity contribution in [3.63, 3.8) is 0 Å². The number of ether oxygens (including phenoxy) is 1. The molecule has 4 heteroatoms.